The monoisotopic (exact) mass is 210 g/mol. The molecule has 5 heteroatoms. The van der Waals surface area contributed by atoms with Gasteiger partial charge in [0.05, 0.1) is 18.3 Å². The Morgan fingerprint density at radius 3 is 2.67 bits per heavy atom. The highest BCUT2D eigenvalue weighted by Gasteiger charge is 2.47. The molecule has 2 bridgehead atoms. The van der Waals surface area contributed by atoms with Gasteiger partial charge in [0, 0.05) is 24.7 Å². The molecule has 0 radical (unpaired) electrons. The molecule has 0 aliphatic carbocycles. The summed E-state index contributed by atoms with van der Waals surface area (Å²) in [6.45, 7) is 0. The molecule has 1 N–H and O–H groups in total. The van der Waals surface area contributed by atoms with Gasteiger partial charge in [-0.15, -0.1) is 0 Å². The number of aliphatic hydroxyl groups excluding tert-OH is 1. The van der Waals surface area contributed by atoms with Crippen molar-refractivity contribution in [3.8, 4) is 0 Å². The maximum Gasteiger partial charge on any atom is 0.308 e. The van der Waals surface area contributed by atoms with Crippen LogP contribution in [-0.2, 0) is 4.74 Å². The zero-order valence-electron chi connectivity index (χ0n) is 8.01. The molecule has 4 atom stereocenters. The molecule has 4 nitrogen and oxygen atoms in total. The summed E-state index contributed by atoms with van der Waals surface area (Å²) in [4.78, 5) is 7.03. The van der Waals surface area contributed by atoms with Crippen molar-refractivity contribution in [3.63, 3.8) is 0 Å². The minimum absolute atomic E-state index is 0.111. The fraction of sp³-hybridized carbons (Fsp3) is 0.600. The summed E-state index contributed by atoms with van der Waals surface area (Å²) < 4.78 is 18.1. The van der Waals surface area contributed by atoms with Crippen LogP contribution < -0.4 is 0 Å². The molecular weight excluding hydrogens is 199 g/mol. The summed E-state index contributed by atoms with van der Waals surface area (Å²) in [5, 5.41) is 9.67. The van der Waals surface area contributed by atoms with Crippen molar-refractivity contribution in [2.24, 2.45) is 0 Å². The largest absolute Gasteiger partial charge is 0.390 e. The van der Waals surface area contributed by atoms with E-state index in [2.05, 4.69) is 9.97 Å². The van der Waals surface area contributed by atoms with Gasteiger partial charge in [-0.25, -0.2) is 9.97 Å². The second kappa shape index (κ2) is 3.21. The van der Waals surface area contributed by atoms with Crippen LogP contribution in [0.3, 0.4) is 0 Å². The molecule has 0 saturated carbocycles. The van der Waals surface area contributed by atoms with Crippen LogP contribution in [0.25, 0.3) is 0 Å². The maximum absolute atomic E-state index is 12.5. The first-order valence-corrected chi connectivity index (χ1v) is 5.05. The van der Waals surface area contributed by atoms with Crippen molar-refractivity contribution in [1.82, 2.24) is 9.97 Å². The number of aromatic nitrogens is 2. The summed E-state index contributed by atoms with van der Waals surface area (Å²) in [5.74, 6) is 0.111. The van der Waals surface area contributed by atoms with Gasteiger partial charge < -0.3 is 9.84 Å². The Morgan fingerprint density at radius 1 is 1.33 bits per heavy atom. The fourth-order valence-electron chi connectivity index (χ4n) is 2.54. The highest BCUT2D eigenvalue weighted by atomic mass is 19.1. The lowest BCUT2D eigenvalue weighted by atomic mass is 9.83. The van der Waals surface area contributed by atoms with Gasteiger partial charge in [-0.1, -0.05) is 0 Å². The Kier molecular flexibility index (Phi) is 1.97. The minimum atomic E-state index is -0.719. The molecule has 2 fully saturated rings. The van der Waals surface area contributed by atoms with Crippen LogP contribution in [0.5, 0.6) is 0 Å². The van der Waals surface area contributed by atoms with Crippen LogP contribution >= 0.6 is 0 Å². The molecule has 3 rings (SSSR count). The number of fused-ring (bicyclic) bond motifs is 2. The summed E-state index contributed by atoms with van der Waals surface area (Å²) >= 11 is 0. The van der Waals surface area contributed by atoms with E-state index >= 15 is 0 Å². The molecule has 3 heterocycles. The molecule has 0 spiro atoms. The van der Waals surface area contributed by atoms with Crippen molar-refractivity contribution < 1.29 is 14.2 Å². The third-order valence-corrected chi connectivity index (χ3v) is 3.22. The first-order valence-electron chi connectivity index (χ1n) is 5.05. The van der Waals surface area contributed by atoms with E-state index in [-0.39, 0.29) is 18.1 Å². The van der Waals surface area contributed by atoms with Gasteiger partial charge in [0.15, 0.2) is 0 Å². The van der Waals surface area contributed by atoms with Crippen LogP contribution in [0.2, 0.25) is 0 Å². The standard InChI is InChI=1S/C10H11FN2O2/c11-10-12-3-5(4-13-10)7-1-6-2-8(14)9(7)15-6/h3-4,6-9,14H,1-2H2. The Hall–Kier alpha value is -1.07. The van der Waals surface area contributed by atoms with Crippen molar-refractivity contribution in [2.45, 2.75) is 37.1 Å². The lowest BCUT2D eigenvalue weighted by molar-refractivity contribution is 0.0456. The molecule has 0 amide bonds. The SMILES string of the molecule is OC1CC2CC(c3cnc(F)nc3)C1O2. The predicted octanol–water partition coefficient (Wildman–Crippen LogP) is 0.621. The predicted molar refractivity (Wildman–Crippen MR) is 48.6 cm³/mol. The van der Waals surface area contributed by atoms with Crippen molar-refractivity contribution in [3.05, 3.63) is 24.0 Å². The molecule has 80 valence electrons. The third kappa shape index (κ3) is 1.42. The molecular formula is C10H11FN2O2. The Morgan fingerprint density at radius 2 is 2.07 bits per heavy atom. The van der Waals surface area contributed by atoms with E-state index in [9.17, 15) is 9.50 Å². The lowest BCUT2D eigenvalue weighted by Crippen LogP contribution is -2.28. The summed E-state index contributed by atoms with van der Waals surface area (Å²) in [6, 6.07) is 0. The van der Waals surface area contributed by atoms with E-state index in [1.54, 1.807) is 0 Å². The summed E-state index contributed by atoms with van der Waals surface area (Å²) in [7, 11) is 0. The van der Waals surface area contributed by atoms with E-state index in [1.165, 1.54) is 12.4 Å². The van der Waals surface area contributed by atoms with E-state index in [4.69, 9.17) is 4.74 Å². The minimum Gasteiger partial charge on any atom is -0.390 e. The summed E-state index contributed by atoms with van der Waals surface area (Å²) in [5.41, 5.74) is 0.850. The van der Waals surface area contributed by atoms with Gasteiger partial charge >= 0.3 is 6.08 Å². The van der Waals surface area contributed by atoms with E-state index in [1.807, 2.05) is 0 Å². The highest BCUT2D eigenvalue weighted by Crippen LogP contribution is 2.44. The van der Waals surface area contributed by atoms with Crippen molar-refractivity contribution >= 4 is 0 Å². The van der Waals surface area contributed by atoms with Crippen LogP contribution in [0, 0.1) is 6.08 Å². The fourth-order valence-corrected chi connectivity index (χ4v) is 2.54. The second-order valence-electron chi connectivity index (χ2n) is 4.15. The number of rotatable bonds is 1. The third-order valence-electron chi connectivity index (χ3n) is 3.22. The van der Waals surface area contributed by atoms with Crippen LogP contribution in [0.1, 0.15) is 24.3 Å². The molecule has 15 heavy (non-hydrogen) atoms. The first-order chi connectivity index (χ1) is 7.24. The zero-order valence-corrected chi connectivity index (χ0v) is 8.01. The van der Waals surface area contributed by atoms with Gasteiger partial charge in [-0.3, -0.25) is 0 Å². The molecule has 2 aliphatic heterocycles. The zero-order chi connectivity index (χ0) is 10.4. The highest BCUT2D eigenvalue weighted by molar-refractivity contribution is 5.18. The van der Waals surface area contributed by atoms with Crippen LogP contribution in [0.15, 0.2) is 12.4 Å². The molecule has 1 aromatic heterocycles. The summed E-state index contributed by atoms with van der Waals surface area (Å²) in [6.07, 6.45) is 3.39. The number of aliphatic hydroxyl groups is 1. The molecule has 4 unspecified atom stereocenters. The van der Waals surface area contributed by atoms with Gasteiger partial charge in [0.25, 0.3) is 0 Å². The van der Waals surface area contributed by atoms with Crippen LogP contribution in [-0.4, -0.2) is 33.4 Å². The normalized spacial score (nSPS) is 38.5. The molecule has 1 aromatic rings. The van der Waals surface area contributed by atoms with E-state index < -0.39 is 12.2 Å². The van der Waals surface area contributed by atoms with E-state index in [0.29, 0.717) is 6.42 Å². The van der Waals surface area contributed by atoms with Crippen LogP contribution in [0.4, 0.5) is 4.39 Å². The van der Waals surface area contributed by atoms with Gasteiger partial charge in [-0.05, 0) is 12.0 Å². The number of nitrogens with zero attached hydrogens (tertiary/aromatic N) is 2. The topological polar surface area (TPSA) is 55.2 Å². The smallest absolute Gasteiger partial charge is 0.308 e. The Labute approximate surface area is 86.1 Å². The lowest BCUT2D eigenvalue weighted by Gasteiger charge is -2.22. The number of halogens is 1. The second-order valence-corrected chi connectivity index (χ2v) is 4.15. The van der Waals surface area contributed by atoms with Gasteiger partial charge in [0.2, 0.25) is 0 Å². The molecule has 2 saturated heterocycles. The first kappa shape index (κ1) is 9.18. The van der Waals surface area contributed by atoms with Gasteiger partial charge in [0.1, 0.15) is 0 Å². The van der Waals surface area contributed by atoms with Crippen molar-refractivity contribution in [1.29, 1.82) is 0 Å². The quantitative estimate of drug-likeness (QED) is 0.690. The Bertz CT molecular complexity index is 370. The van der Waals surface area contributed by atoms with E-state index in [0.717, 1.165) is 12.0 Å². The van der Waals surface area contributed by atoms with Gasteiger partial charge in [-0.2, -0.15) is 4.39 Å². The average molecular weight is 210 g/mol. The number of hydrogen-bond acceptors (Lipinski definition) is 4. The maximum atomic E-state index is 12.5. The molecule has 2 aliphatic rings. The molecule has 0 aromatic carbocycles. The van der Waals surface area contributed by atoms with Crippen molar-refractivity contribution in [2.75, 3.05) is 0 Å². The Balaban J connectivity index is 1.86. The number of hydrogen-bond donors (Lipinski definition) is 1. The number of ether oxygens (including phenoxy) is 1. The average Bonchev–Trinajstić information content (AvgIpc) is 2.77.